The second-order valence-electron chi connectivity index (χ2n) is 6.56. The van der Waals surface area contributed by atoms with Gasteiger partial charge in [-0.15, -0.1) is 0 Å². The van der Waals surface area contributed by atoms with Gasteiger partial charge in [-0.2, -0.15) is 0 Å². The van der Waals surface area contributed by atoms with Crippen LogP contribution in [-0.2, 0) is 11.2 Å². The lowest BCUT2D eigenvalue weighted by atomic mass is 10.1. The Balaban J connectivity index is 1.59. The molecule has 2 aromatic rings. The van der Waals surface area contributed by atoms with E-state index in [1.165, 1.54) is 6.07 Å². The Hall–Kier alpha value is -2.08. The molecule has 3 rings (SSSR count). The lowest BCUT2D eigenvalue weighted by Crippen LogP contribution is -2.40. The molecule has 5 nitrogen and oxygen atoms in total. The number of hydrogen-bond acceptors (Lipinski definition) is 3. The Kier molecular flexibility index (Phi) is 6.37. The molecule has 1 aliphatic rings. The summed E-state index contributed by atoms with van der Waals surface area (Å²) in [6, 6.07) is 11.8. The van der Waals surface area contributed by atoms with Gasteiger partial charge in [0, 0.05) is 23.8 Å². The molecule has 0 radical (unpaired) electrons. The number of benzene rings is 2. The predicted octanol–water partition coefficient (Wildman–Crippen LogP) is 3.77. The van der Waals surface area contributed by atoms with Crippen molar-refractivity contribution >= 4 is 40.7 Å². The topological polar surface area (TPSA) is 69.6 Å². The molecule has 0 unspecified atom stereocenters. The molecule has 1 heterocycles. The summed E-state index contributed by atoms with van der Waals surface area (Å²) >= 11 is 12.0. The Labute approximate surface area is 167 Å². The average molecular weight is 407 g/mol. The molecule has 2 aromatic carbocycles. The van der Waals surface area contributed by atoms with Crippen LogP contribution in [0.25, 0.3) is 0 Å². The molecule has 1 aliphatic heterocycles. The van der Waals surface area contributed by atoms with Crippen LogP contribution in [0.2, 0.25) is 10.0 Å². The van der Waals surface area contributed by atoms with E-state index in [2.05, 4.69) is 5.32 Å². The molecule has 0 spiro atoms. The standard InChI is InChI=1S/C20H20Cl2N2O3/c21-14-3-6-18(22)17(12-14)20(27)23-15-4-1-13(2-5-15)11-19(26)24-9-7-16(25)8-10-24/h1-6,12,16,25H,7-11H2,(H,23,27). The minimum atomic E-state index is -0.349. The maximum atomic E-state index is 12.3. The van der Waals surface area contributed by atoms with Gasteiger partial charge in [0.25, 0.3) is 5.91 Å². The first-order valence-corrected chi connectivity index (χ1v) is 9.49. The van der Waals surface area contributed by atoms with Gasteiger partial charge in [-0.3, -0.25) is 9.59 Å². The fourth-order valence-corrected chi connectivity index (χ4v) is 3.35. The molecular formula is C20H20Cl2N2O3. The molecule has 1 fully saturated rings. The van der Waals surface area contributed by atoms with Crippen molar-refractivity contribution in [1.29, 1.82) is 0 Å². The first kappa shape index (κ1) is 19.7. The van der Waals surface area contributed by atoms with Crippen LogP contribution in [0, 0.1) is 0 Å². The maximum Gasteiger partial charge on any atom is 0.257 e. The van der Waals surface area contributed by atoms with Gasteiger partial charge >= 0.3 is 0 Å². The quantitative estimate of drug-likeness (QED) is 0.811. The number of aliphatic hydroxyl groups is 1. The van der Waals surface area contributed by atoms with E-state index >= 15 is 0 Å². The van der Waals surface area contributed by atoms with E-state index in [0.717, 1.165) is 5.56 Å². The molecule has 0 aliphatic carbocycles. The number of amides is 2. The number of piperidine rings is 1. The lowest BCUT2D eigenvalue weighted by Gasteiger charge is -2.29. The van der Waals surface area contributed by atoms with Crippen molar-refractivity contribution in [1.82, 2.24) is 4.90 Å². The Morgan fingerprint density at radius 2 is 1.74 bits per heavy atom. The van der Waals surface area contributed by atoms with Gasteiger partial charge in [0.2, 0.25) is 5.91 Å². The molecule has 142 valence electrons. The molecule has 0 aromatic heterocycles. The third kappa shape index (κ3) is 5.22. The molecular weight excluding hydrogens is 387 g/mol. The first-order chi connectivity index (χ1) is 12.9. The number of likely N-dealkylation sites (tertiary alicyclic amines) is 1. The summed E-state index contributed by atoms with van der Waals surface area (Å²) in [4.78, 5) is 26.5. The number of nitrogens with one attached hydrogen (secondary N) is 1. The average Bonchev–Trinajstić information content (AvgIpc) is 2.65. The van der Waals surface area contributed by atoms with Gasteiger partial charge in [0.1, 0.15) is 0 Å². The highest BCUT2D eigenvalue weighted by Crippen LogP contribution is 2.22. The highest BCUT2D eigenvalue weighted by atomic mass is 35.5. The normalized spacial score (nSPS) is 14.9. The fourth-order valence-electron chi connectivity index (χ4n) is 2.98. The van der Waals surface area contributed by atoms with Gasteiger partial charge in [-0.1, -0.05) is 35.3 Å². The molecule has 0 atom stereocenters. The van der Waals surface area contributed by atoms with Gasteiger partial charge in [-0.25, -0.2) is 0 Å². The zero-order chi connectivity index (χ0) is 19.4. The van der Waals surface area contributed by atoms with Crippen LogP contribution in [0.4, 0.5) is 5.69 Å². The zero-order valence-electron chi connectivity index (χ0n) is 14.6. The summed E-state index contributed by atoms with van der Waals surface area (Å²) in [5, 5.41) is 13.1. The predicted molar refractivity (Wildman–Crippen MR) is 106 cm³/mol. The summed E-state index contributed by atoms with van der Waals surface area (Å²) in [6.07, 6.45) is 1.25. The van der Waals surface area contributed by atoms with Crippen molar-refractivity contribution in [3.8, 4) is 0 Å². The smallest absolute Gasteiger partial charge is 0.257 e. The van der Waals surface area contributed by atoms with E-state index in [1.807, 2.05) is 12.1 Å². The second kappa shape index (κ2) is 8.74. The van der Waals surface area contributed by atoms with Crippen molar-refractivity contribution in [3.05, 3.63) is 63.6 Å². The monoisotopic (exact) mass is 406 g/mol. The zero-order valence-corrected chi connectivity index (χ0v) is 16.1. The molecule has 0 saturated carbocycles. The minimum absolute atomic E-state index is 0.0457. The Morgan fingerprint density at radius 3 is 2.41 bits per heavy atom. The fraction of sp³-hybridized carbons (Fsp3) is 0.300. The molecule has 2 N–H and O–H groups in total. The van der Waals surface area contributed by atoms with Crippen LogP contribution >= 0.6 is 23.2 Å². The first-order valence-electron chi connectivity index (χ1n) is 8.73. The highest BCUT2D eigenvalue weighted by Gasteiger charge is 2.21. The summed E-state index contributed by atoms with van der Waals surface area (Å²) in [7, 11) is 0. The molecule has 1 saturated heterocycles. The number of aliphatic hydroxyl groups excluding tert-OH is 1. The van der Waals surface area contributed by atoms with E-state index < -0.39 is 0 Å². The number of rotatable bonds is 4. The van der Waals surface area contributed by atoms with E-state index in [-0.39, 0.29) is 17.9 Å². The van der Waals surface area contributed by atoms with E-state index in [1.54, 1.807) is 29.2 Å². The lowest BCUT2D eigenvalue weighted by molar-refractivity contribution is -0.132. The second-order valence-corrected chi connectivity index (χ2v) is 7.41. The Bertz CT molecular complexity index is 832. The van der Waals surface area contributed by atoms with Gasteiger partial charge < -0.3 is 15.3 Å². The molecule has 0 bridgehead atoms. The third-order valence-corrected chi connectivity index (χ3v) is 5.12. The van der Waals surface area contributed by atoms with Crippen LogP contribution in [0.5, 0.6) is 0 Å². The summed E-state index contributed by atoms with van der Waals surface area (Å²) in [5.41, 5.74) is 1.77. The number of halogens is 2. The molecule has 27 heavy (non-hydrogen) atoms. The van der Waals surface area contributed by atoms with Gasteiger partial charge in [-0.05, 0) is 48.7 Å². The van der Waals surface area contributed by atoms with Gasteiger partial charge in [0.15, 0.2) is 0 Å². The summed E-state index contributed by atoms with van der Waals surface area (Å²) < 4.78 is 0. The van der Waals surface area contributed by atoms with Crippen molar-refractivity contribution in [2.24, 2.45) is 0 Å². The summed E-state index contributed by atoms with van der Waals surface area (Å²) in [6.45, 7) is 1.18. The van der Waals surface area contributed by atoms with Crippen LogP contribution < -0.4 is 5.32 Å². The van der Waals surface area contributed by atoms with E-state index in [9.17, 15) is 14.7 Å². The van der Waals surface area contributed by atoms with Crippen molar-refractivity contribution in [2.45, 2.75) is 25.4 Å². The summed E-state index contributed by atoms with van der Waals surface area (Å²) in [5.74, 6) is -0.303. The number of anilines is 1. The van der Waals surface area contributed by atoms with Crippen LogP contribution in [0.15, 0.2) is 42.5 Å². The maximum absolute atomic E-state index is 12.3. The minimum Gasteiger partial charge on any atom is -0.393 e. The third-order valence-electron chi connectivity index (χ3n) is 4.56. The molecule has 7 heteroatoms. The largest absolute Gasteiger partial charge is 0.393 e. The van der Waals surface area contributed by atoms with Crippen LogP contribution in [0.1, 0.15) is 28.8 Å². The van der Waals surface area contributed by atoms with Crippen molar-refractivity contribution in [3.63, 3.8) is 0 Å². The number of carbonyl (C=O) groups is 2. The van der Waals surface area contributed by atoms with Crippen molar-refractivity contribution in [2.75, 3.05) is 18.4 Å². The highest BCUT2D eigenvalue weighted by molar-refractivity contribution is 6.36. The van der Waals surface area contributed by atoms with Gasteiger partial charge in [0.05, 0.1) is 23.1 Å². The number of carbonyl (C=O) groups excluding carboxylic acids is 2. The SMILES string of the molecule is O=C(Nc1ccc(CC(=O)N2CCC(O)CC2)cc1)c1cc(Cl)ccc1Cl. The number of nitrogens with zero attached hydrogens (tertiary/aromatic N) is 1. The van der Waals surface area contributed by atoms with Crippen LogP contribution in [0.3, 0.4) is 0 Å². The number of hydrogen-bond donors (Lipinski definition) is 2. The molecule has 2 amide bonds. The Morgan fingerprint density at radius 1 is 1.07 bits per heavy atom. The van der Waals surface area contributed by atoms with Crippen molar-refractivity contribution < 1.29 is 14.7 Å². The van der Waals surface area contributed by atoms with Crippen LogP contribution in [-0.4, -0.2) is 41.0 Å². The van der Waals surface area contributed by atoms with E-state index in [4.69, 9.17) is 23.2 Å². The van der Waals surface area contributed by atoms with E-state index in [0.29, 0.717) is 53.6 Å².